The first-order valence-electron chi connectivity index (χ1n) is 5.52. The van der Waals surface area contributed by atoms with Crippen LogP contribution in [0.15, 0.2) is 0 Å². The van der Waals surface area contributed by atoms with Crippen LogP contribution < -0.4 is 0 Å². The van der Waals surface area contributed by atoms with Crippen molar-refractivity contribution in [2.45, 2.75) is 31.4 Å². The average Bonchev–Trinajstić information content (AvgIpc) is 2.85. The molecule has 0 radical (unpaired) electrons. The number of imidazole rings is 1. The van der Waals surface area contributed by atoms with Gasteiger partial charge in [-0.2, -0.15) is 11.8 Å². The first kappa shape index (κ1) is 8.65. The van der Waals surface area contributed by atoms with Gasteiger partial charge in [0.2, 0.25) is 0 Å². The van der Waals surface area contributed by atoms with Crippen LogP contribution in [0.1, 0.15) is 28.4 Å². The van der Waals surface area contributed by atoms with E-state index in [0.717, 1.165) is 0 Å². The van der Waals surface area contributed by atoms with E-state index < -0.39 is 0 Å². The molecule has 0 amide bonds. The molecule has 2 aromatic rings. The SMILES string of the molecule is C1Cc2sc3nc4c(n3c2C1)CSCC4. The van der Waals surface area contributed by atoms with Gasteiger partial charge in [-0.05, 0) is 25.0 Å². The summed E-state index contributed by atoms with van der Waals surface area (Å²) in [5.74, 6) is 2.42. The fraction of sp³-hybridized carbons (Fsp3) is 0.545. The lowest BCUT2D eigenvalue weighted by Gasteiger charge is -2.10. The van der Waals surface area contributed by atoms with Crippen LogP contribution in [0, 0.1) is 0 Å². The van der Waals surface area contributed by atoms with Gasteiger partial charge in [-0.15, -0.1) is 11.3 Å². The molecule has 0 bridgehead atoms. The van der Waals surface area contributed by atoms with Crippen molar-refractivity contribution in [2.24, 2.45) is 0 Å². The van der Waals surface area contributed by atoms with E-state index in [-0.39, 0.29) is 0 Å². The van der Waals surface area contributed by atoms with Crippen molar-refractivity contribution in [2.75, 3.05) is 5.75 Å². The lowest BCUT2D eigenvalue weighted by molar-refractivity contribution is 0.875. The topological polar surface area (TPSA) is 17.3 Å². The number of aromatic nitrogens is 2. The predicted octanol–water partition coefficient (Wildman–Crippen LogP) is 2.67. The Hall–Kier alpha value is -0.480. The standard InChI is InChI=1S/C11H12N2S2/c1-2-8-10(3-1)15-11-12-7-4-5-14-6-9(7)13(8)11/h1-6H2. The fourth-order valence-electron chi connectivity index (χ4n) is 2.66. The molecule has 2 aliphatic rings. The van der Waals surface area contributed by atoms with Crippen LogP contribution in [-0.4, -0.2) is 15.1 Å². The summed E-state index contributed by atoms with van der Waals surface area (Å²) in [5, 5.41) is 0. The fourth-order valence-corrected chi connectivity index (χ4v) is 4.88. The number of hydrogen-bond acceptors (Lipinski definition) is 3. The monoisotopic (exact) mass is 236 g/mol. The van der Waals surface area contributed by atoms with Crippen LogP contribution in [-0.2, 0) is 25.0 Å². The molecule has 0 atom stereocenters. The van der Waals surface area contributed by atoms with Gasteiger partial charge >= 0.3 is 0 Å². The maximum atomic E-state index is 4.78. The minimum absolute atomic E-state index is 1.17. The van der Waals surface area contributed by atoms with Gasteiger partial charge in [0.15, 0.2) is 4.96 Å². The summed E-state index contributed by atoms with van der Waals surface area (Å²) in [7, 11) is 0. The van der Waals surface area contributed by atoms with E-state index in [1.807, 2.05) is 23.1 Å². The zero-order valence-electron chi connectivity index (χ0n) is 8.45. The van der Waals surface area contributed by atoms with E-state index in [2.05, 4.69) is 4.40 Å². The highest BCUT2D eigenvalue weighted by Crippen LogP contribution is 2.35. The second-order valence-corrected chi connectivity index (χ2v) is 6.42. The summed E-state index contributed by atoms with van der Waals surface area (Å²) in [6.07, 6.45) is 5.06. The average molecular weight is 236 g/mol. The van der Waals surface area contributed by atoms with Crippen molar-refractivity contribution in [1.82, 2.24) is 9.38 Å². The van der Waals surface area contributed by atoms with Gasteiger partial charge in [-0.25, -0.2) is 4.98 Å². The summed E-state index contributed by atoms with van der Waals surface area (Å²) < 4.78 is 2.47. The molecule has 2 aromatic heterocycles. The van der Waals surface area contributed by atoms with Gasteiger partial charge in [-0.3, -0.25) is 4.40 Å². The molecule has 78 valence electrons. The number of rotatable bonds is 0. The van der Waals surface area contributed by atoms with E-state index in [9.17, 15) is 0 Å². The second kappa shape index (κ2) is 3.01. The molecular weight excluding hydrogens is 224 g/mol. The second-order valence-electron chi connectivity index (χ2n) is 4.25. The Bertz CT molecular complexity index is 538. The van der Waals surface area contributed by atoms with Crippen LogP contribution in [0.4, 0.5) is 0 Å². The Morgan fingerprint density at radius 1 is 1.13 bits per heavy atom. The number of aryl methyl sites for hydroxylation is 3. The number of nitrogens with zero attached hydrogens (tertiary/aromatic N) is 2. The molecule has 1 aliphatic carbocycles. The zero-order valence-corrected chi connectivity index (χ0v) is 10.1. The third kappa shape index (κ3) is 1.09. The van der Waals surface area contributed by atoms with E-state index in [1.54, 1.807) is 10.6 Å². The van der Waals surface area contributed by atoms with Gasteiger partial charge in [0, 0.05) is 22.7 Å². The van der Waals surface area contributed by atoms with Gasteiger partial charge in [0.05, 0.1) is 11.4 Å². The van der Waals surface area contributed by atoms with Crippen molar-refractivity contribution in [1.29, 1.82) is 0 Å². The number of fused-ring (bicyclic) bond motifs is 5. The molecule has 0 N–H and O–H groups in total. The van der Waals surface area contributed by atoms with Crippen molar-refractivity contribution < 1.29 is 0 Å². The van der Waals surface area contributed by atoms with Crippen LogP contribution in [0.5, 0.6) is 0 Å². The predicted molar refractivity (Wildman–Crippen MR) is 65.0 cm³/mol. The summed E-state index contributed by atoms with van der Waals surface area (Å²) >= 11 is 3.97. The highest BCUT2D eigenvalue weighted by molar-refractivity contribution is 7.98. The van der Waals surface area contributed by atoms with E-state index >= 15 is 0 Å². The number of thioether (sulfide) groups is 1. The molecule has 2 nitrogen and oxygen atoms in total. The third-order valence-electron chi connectivity index (χ3n) is 3.37. The largest absolute Gasteiger partial charge is 0.290 e. The smallest absolute Gasteiger partial charge is 0.194 e. The highest BCUT2D eigenvalue weighted by Gasteiger charge is 2.24. The van der Waals surface area contributed by atoms with Crippen molar-refractivity contribution >= 4 is 28.1 Å². The van der Waals surface area contributed by atoms with Gasteiger partial charge in [0.25, 0.3) is 0 Å². The van der Waals surface area contributed by atoms with Crippen molar-refractivity contribution in [3.8, 4) is 0 Å². The lowest BCUT2D eigenvalue weighted by atomic mass is 10.2. The van der Waals surface area contributed by atoms with Crippen LogP contribution in [0.2, 0.25) is 0 Å². The minimum atomic E-state index is 1.17. The normalized spacial score (nSPS) is 19.5. The molecule has 15 heavy (non-hydrogen) atoms. The molecule has 4 heteroatoms. The Morgan fingerprint density at radius 3 is 3.13 bits per heavy atom. The third-order valence-corrected chi connectivity index (χ3v) is 5.48. The maximum absolute atomic E-state index is 4.78. The summed E-state index contributed by atoms with van der Waals surface area (Å²) in [6.45, 7) is 0. The molecule has 0 unspecified atom stereocenters. The first-order chi connectivity index (χ1) is 7.43. The van der Waals surface area contributed by atoms with Gasteiger partial charge in [-0.1, -0.05) is 0 Å². The summed E-state index contributed by atoms with van der Waals surface area (Å²) in [6, 6.07) is 0. The quantitative estimate of drug-likeness (QED) is 0.699. The summed E-state index contributed by atoms with van der Waals surface area (Å²) in [4.78, 5) is 7.63. The zero-order chi connectivity index (χ0) is 9.83. The molecule has 0 saturated heterocycles. The van der Waals surface area contributed by atoms with Crippen molar-refractivity contribution in [3.63, 3.8) is 0 Å². The van der Waals surface area contributed by atoms with E-state index in [1.165, 1.54) is 53.5 Å². The Kier molecular flexibility index (Phi) is 1.74. The Morgan fingerprint density at radius 2 is 2.13 bits per heavy atom. The lowest BCUT2D eigenvalue weighted by Crippen LogP contribution is -2.04. The summed E-state index contributed by atoms with van der Waals surface area (Å²) in [5.41, 5.74) is 4.45. The minimum Gasteiger partial charge on any atom is -0.290 e. The van der Waals surface area contributed by atoms with Crippen LogP contribution in [0.25, 0.3) is 4.96 Å². The molecule has 0 fully saturated rings. The van der Waals surface area contributed by atoms with E-state index in [0.29, 0.717) is 0 Å². The highest BCUT2D eigenvalue weighted by atomic mass is 32.2. The van der Waals surface area contributed by atoms with Gasteiger partial charge < -0.3 is 0 Å². The molecule has 0 saturated carbocycles. The van der Waals surface area contributed by atoms with E-state index in [4.69, 9.17) is 4.98 Å². The van der Waals surface area contributed by atoms with Crippen LogP contribution in [0.3, 0.4) is 0 Å². The number of hydrogen-bond donors (Lipinski definition) is 0. The van der Waals surface area contributed by atoms with Crippen molar-refractivity contribution in [3.05, 3.63) is 22.0 Å². The Balaban J connectivity index is 2.06. The molecule has 0 aromatic carbocycles. The molecular formula is C11H12N2S2. The number of thiazole rings is 1. The van der Waals surface area contributed by atoms with Crippen LogP contribution >= 0.6 is 23.1 Å². The van der Waals surface area contributed by atoms with Gasteiger partial charge in [0.1, 0.15) is 0 Å². The molecule has 4 rings (SSSR count). The Labute approximate surface area is 96.7 Å². The first-order valence-corrected chi connectivity index (χ1v) is 7.49. The molecule has 3 heterocycles. The maximum Gasteiger partial charge on any atom is 0.194 e. The molecule has 1 aliphatic heterocycles. The molecule has 0 spiro atoms.